The molecule has 0 aliphatic rings. The Bertz CT molecular complexity index is 1110. The van der Waals surface area contributed by atoms with Crippen molar-refractivity contribution in [3.05, 3.63) is 75.1 Å². The number of aromatic nitrogens is 2. The lowest BCUT2D eigenvalue weighted by atomic mass is 10.2. The number of amides is 1. The van der Waals surface area contributed by atoms with Crippen LogP contribution in [0.25, 0.3) is 0 Å². The number of hydrogen-bond donors (Lipinski definition) is 1. The second kappa shape index (κ2) is 9.35. The lowest BCUT2D eigenvalue weighted by Gasteiger charge is -2.10. The first-order chi connectivity index (χ1) is 14.8. The molecule has 0 radical (unpaired) electrons. The molecule has 0 aliphatic heterocycles. The van der Waals surface area contributed by atoms with Crippen molar-refractivity contribution in [1.29, 1.82) is 0 Å². The molecule has 12 nitrogen and oxygen atoms in total. The van der Waals surface area contributed by atoms with Crippen LogP contribution in [0.1, 0.15) is 6.42 Å². The maximum Gasteiger partial charge on any atom is 0.306 e. The summed E-state index contributed by atoms with van der Waals surface area (Å²) in [5.41, 5.74) is -0.266. The van der Waals surface area contributed by atoms with E-state index in [-0.39, 0.29) is 35.8 Å². The third kappa shape index (κ3) is 5.76. The van der Waals surface area contributed by atoms with Crippen LogP contribution in [0.4, 0.5) is 17.1 Å². The SMILES string of the molecule is COc1ccc(Oc2cc(NC(=O)CCn3cc([N+](=O)[O-])cn3)cc([N+](=O)[O-])c2)cc1. The number of non-ortho nitro benzene ring substituents is 1. The van der Waals surface area contributed by atoms with E-state index in [0.29, 0.717) is 11.5 Å². The molecule has 3 rings (SSSR count). The average Bonchev–Trinajstić information content (AvgIpc) is 3.22. The first-order valence-corrected chi connectivity index (χ1v) is 8.92. The van der Waals surface area contributed by atoms with E-state index in [2.05, 4.69) is 10.4 Å². The van der Waals surface area contributed by atoms with E-state index in [1.165, 1.54) is 36.2 Å². The first kappa shape index (κ1) is 21.2. The monoisotopic (exact) mass is 427 g/mol. The van der Waals surface area contributed by atoms with Crippen LogP contribution in [-0.2, 0) is 11.3 Å². The van der Waals surface area contributed by atoms with Crippen molar-refractivity contribution >= 4 is 23.0 Å². The van der Waals surface area contributed by atoms with E-state index in [1.807, 2.05) is 0 Å². The Morgan fingerprint density at radius 1 is 1.03 bits per heavy atom. The fourth-order valence-electron chi connectivity index (χ4n) is 2.61. The van der Waals surface area contributed by atoms with Crippen molar-refractivity contribution < 1.29 is 24.1 Å². The fraction of sp³-hybridized carbons (Fsp3) is 0.158. The molecule has 0 atom stereocenters. The number of nitro benzene ring substituents is 1. The van der Waals surface area contributed by atoms with Crippen LogP contribution < -0.4 is 14.8 Å². The van der Waals surface area contributed by atoms with Crippen LogP contribution in [0, 0.1) is 20.2 Å². The van der Waals surface area contributed by atoms with Gasteiger partial charge in [-0.2, -0.15) is 5.10 Å². The minimum atomic E-state index is -0.598. The summed E-state index contributed by atoms with van der Waals surface area (Å²) in [4.78, 5) is 33.0. The zero-order valence-corrected chi connectivity index (χ0v) is 16.3. The summed E-state index contributed by atoms with van der Waals surface area (Å²) in [7, 11) is 1.53. The summed E-state index contributed by atoms with van der Waals surface area (Å²) < 4.78 is 12.0. The van der Waals surface area contributed by atoms with Gasteiger partial charge < -0.3 is 14.8 Å². The molecule has 0 saturated heterocycles. The van der Waals surface area contributed by atoms with Gasteiger partial charge in [0.1, 0.15) is 29.6 Å². The van der Waals surface area contributed by atoms with E-state index in [0.717, 1.165) is 6.20 Å². The van der Waals surface area contributed by atoms with Crippen molar-refractivity contribution in [3.8, 4) is 17.2 Å². The number of nitro groups is 2. The zero-order valence-electron chi connectivity index (χ0n) is 16.3. The van der Waals surface area contributed by atoms with Gasteiger partial charge in [0.15, 0.2) is 0 Å². The maximum absolute atomic E-state index is 12.2. The molecule has 1 amide bonds. The van der Waals surface area contributed by atoms with Crippen molar-refractivity contribution in [2.75, 3.05) is 12.4 Å². The van der Waals surface area contributed by atoms with Crippen molar-refractivity contribution in [1.82, 2.24) is 9.78 Å². The van der Waals surface area contributed by atoms with Crippen LogP contribution in [0.2, 0.25) is 0 Å². The van der Waals surface area contributed by atoms with E-state index >= 15 is 0 Å². The van der Waals surface area contributed by atoms with Crippen LogP contribution in [0.3, 0.4) is 0 Å². The van der Waals surface area contributed by atoms with Gasteiger partial charge in [0.05, 0.1) is 28.7 Å². The maximum atomic E-state index is 12.2. The molecule has 1 aromatic heterocycles. The topological polar surface area (TPSA) is 152 Å². The van der Waals surface area contributed by atoms with E-state index in [9.17, 15) is 25.0 Å². The highest BCUT2D eigenvalue weighted by Crippen LogP contribution is 2.30. The normalized spacial score (nSPS) is 10.4. The molecule has 0 aliphatic carbocycles. The Hall–Kier alpha value is -4.48. The largest absolute Gasteiger partial charge is 0.497 e. The Labute approximate surface area is 175 Å². The summed E-state index contributed by atoms with van der Waals surface area (Å²) in [6, 6.07) is 10.5. The Morgan fingerprint density at radius 2 is 1.71 bits per heavy atom. The van der Waals surface area contributed by atoms with Crippen LogP contribution in [0.15, 0.2) is 54.9 Å². The molecule has 0 spiro atoms. The molecule has 3 aromatic rings. The van der Waals surface area contributed by atoms with Gasteiger partial charge in [-0.05, 0) is 24.3 Å². The number of anilines is 1. The predicted molar refractivity (Wildman–Crippen MR) is 108 cm³/mol. The number of benzene rings is 2. The second-order valence-electron chi connectivity index (χ2n) is 6.27. The average molecular weight is 427 g/mol. The molecule has 1 heterocycles. The van der Waals surface area contributed by atoms with Crippen LogP contribution in [-0.4, -0.2) is 32.6 Å². The molecule has 0 fully saturated rings. The number of aryl methyl sites for hydroxylation is 1. The molecule has 0 bridgehead atoms. The van der Waals surface area contributed by atoms with Crippen molar-refractivity contribution in [2.45, 2.75) is 13.0 Å². The first-order valence-electron chi connectivity index (χ1n) is 8.92. The van der Waals surface area contributed by atoms with Crippen molar-refractivity contribution in [3.63, 3.8) is 0 Å². The number of methoxy groups -OCH3 is 1. The molecular weight excluding hydrogens is 410 g/mol. The highest BCUT2D eigenvalue weighted by Gasteiger charge is 2.14. The summed E-state index contributed by atoms with van der Waals surface area (Å²) in [6.45, 7) is 0.101. The summed E-state index contributed by atoms with van der Waals surface area (Å²) in [5, 5.41) is 28.3. The molecule has 0 unspecified atom stereocenters. The minimum absolute atomic E-state index is 0.0454. The molecule has 0 saturated carbocycles. The fourth-order valence-corrected chi connectivity index (χ4v) is 2.61. The minimum Gasteiger partial charge on any atom is -0.497 e. The van der Waals surface area contributed by atoms with Crippen molar-refractivity contribution in [2.24, 2.45) is 0 Å². The van der Waals surface area contributed by atoms with Gasteiger partial charge in [0.2, 0.25) is 5.91 Å². The third-order valence-corrected chi connectivity index (χ3v) is 4.08. The smallest absolute Gasteiger partial charge is 0.306 e. The summed E-state index contributed by atoms with van der Waals surface area (Å²) >= 11 is 0. The number of ether oxygens (including phenoxy) is 2. The highest BCUT2D eigenvalue weighted by atomic mass is 16.6. The van der Waals surface area contributed by atoms with Crippen LogP contribution >= 0.6 is 0 Å². The van der Waals surface area contributed by atoms with E-state index in [4.69, 9.17) is 9.47 Å². The molecule has 160 valence electrons. The number of carbonyl (C=O) groups excluding carboxylic acids is 1. The molecule has 31 heavy (non-hydrogen) atoms. The molecule has 1 N–H and O–H groups in total. The van der Waals surface area contributed by atoms with Gasteiger partial charge in [-0.1, -0.05) is 0 Å². The van der Waals surface area contributed by atoms with E-state index < -0.39 is 15.8 Å². The zero-order chi connectivity index (χ0) is 22.4. The lowest BCUT2D eigenvalue weighted by Crippen LogP contribution is -2.15. The van der Waals surface area contributed by atoms with Crippen LogP contribution in [0.5, 0.6) is 17.2 Å². The Morgan fingerprint density at radius 3 is 2.32 bits per heavy atom. The second-order valence-corrected chi connectivity index (χ2v) is 6.27. The quantitative estimate of drug-likeness (QED) is 0.402. The van der Waals surface area contributed by atoms with Gasteiger partial charge >= 0.3 is 5.69 Å². The van der Waals surface area contributed by atoms with E-state index in [1.54, 1.807) is 24.3 Å². The van der Waals surface area contributed by atoms with Gasteiger partial charge in [0, 0.05) is 25.1 Å². The summed E-state index contributed by atoms with van der Waals surface area (Å²) in [6.07, 6.45) is 2.25. The Kier molecular flexibility index (Phi) is 6.40. The lowest BCUT2D eigenvalue weighted by molar-refractivity contribution is -0.385. The molecule has 2 aromatic carbocycles. The standard InChI is InChI=1S/C19H17N5O7/c1-30-16-2-4-17(5-3-16)31-18-9-13(8-14(10-18)23(26)27)21-19(25)6-7-22-12-15(11-20-22)24(28)29/h2-5,8-12H,6-7H2,1H3,(H,21,25). The molecular formula is C19H17N5O7. The van der Waals surface area contributed by atoms with Gasteiger partial charge in [-0.25, -0.2) is 0 Å². The number of nitrogens with one attached hydrogen (secondary N) is 1. The van der Waals surface area contributed by atoms with Gasteiger partial charge in [-0.3, -0.25) is 29.7 Å². The molecule has 12 heteroatoms. The number of nitrogens with zero attached hydrogens (tertiary/aromatic N) is 4. The predicted octanol–water partition coefficient (Wildman–Crippen LogP) is 3.53. The number of rotatable bonds is 9. The highest BCUT2D eigenvalue weighted by molar-refractivity contribution is 5.91. The van der Waals surface area contributed by atoms with Gasteiger partial charge in [-0.15, -0.1) is 0 Å². The summed E-state index contributed by atoms with van der Waals surface area (Å²) in [5.74, 6) is 0.770. The Balaban J connectivity index is 1.69. The van der Waals surface area contributed by atoms with Gasteiger partial charge in [0.25, 0.3) is 5.69 Å². The number of hydrogen-bond acceptors (Lipinski definition) is 8. The number of carbonyl (C=O) groups is 1. The third-order valence-electron chi connectivity index (χ3n) is 4.08.